The molecule has 1 heterocycles. The maximum atomic E-state index is 10.1. The van der Waals surface area contributed by atoms with Crippen molar-refractivity contribution >= 4 is 76.0 Å². The SMILES string of the molecule is N#Cc1ccc2c3c1ccc1c(-c4ccc(-c5ccc6c(-c7ccc8ccccc8c7)c7ccccc7c(-c7ccc8ccccc8c7)c6c5)cc4)ccc(c13)N(c1ccccc1)C2. The smallest absolute Gasteiger partial charge is 0.0998 e. The number of hydrogen-bond donors (Lipinski definition) is 0. The molecule has 0 radical (unpaired) electrons. The van der Waals surface area contributed by atoms with E-state index >= 15 is 0 Å². The molecular formula is C62H38N2. The highest BCUT2D eigenvalue weighted by Crippen LogP contribution is 2.48. The Morgan fingerprint density at radius 2 is 0.906 bits per heavy atom. The summed E-state index contributed by atoms with van der Waals surface area (Å²) in [5.74, 6) is 0. The fraction of sp³-hybridized carbons (Fsp3) is 0.0161. The fourth-order valence-electron chi connectivity index (χ4n) is 10.7. The van der Waals surface area contributed by atoms with Crippen molar-refractivity contribution in [2.75, 3.05) is 4.90 Å². The van der Waals surface area contributed by atoms with Crippen molar-refractivity contribution in [3.63, 3.8) is 0 Å². The number of benzene rings is 12. The van der Waals surface area contributed by atoms with Crippen LogP contribution in [0, 0.1) is 11.3 Å². The van der Waals surface area contributed by atoms with E-state index in [1.165, 1.54) is 109 Å². The minimum Gasteiger partial charge on any atom is -0.336 e. The average Bonchev–Trinajstić information content (AvgIpc) is 3.36. The summed E-state index contributed by atoms with van der Waals surface area (Å²) in [4.78, 5) is 2.41. The first-order valence-corrected chi connectivity index (χ1v) is 22.0. The van der Waals surface area contributed by atoms with Gasteiger partial charge in [0, 0.05) is 28.7 Å². The quantitative estimate of drug-likeness (QED) is 0.128. The molecular weight excluding hydrogens is 773 g/mol. The van der Waals surface area contributed by atoms with E-state index in [-0.39, 0.29) is 0 Å². The lowest BCUT2D eigenvalue weighted by atomic mass is 9.84. The molecule has 1 aliphatic rings. The number of fused-ring (bicyclic) bond motifs is 4. The Bertz CT molecular complexity index is 3930. The molecule has 0 amide bonds. The van der Waals surface area contributed by atoms with E-state index < -0.39 is 0 Å². The lowest BCUT2D eigenvalue weighted by molar-refractivity contribution is 0.982. The summed E-state index contributed by atoms with van der Waals surface area (Å²) in [7, 11) is 0. The van der Waals surface area contributed by atoms with Crippen molar-refractivity contribution in [2.45, 2.75) is 6.54 Å². The van der Waals surface area contributed by atoms with Gasteiger partial charge >= 0.3 is 0 Å². The summed E-state index contributed by atoms with van der Waals surface area (Å²) in [5, 5.41) is 24.6. The van der Waals surface area contributed by atoms with Gasteiger partial charge in [0.2, 0.25) is 0 Å². The molecule has 13 rings (SSSR count). The van der Waals surface area contributed by atoms with E-state index in [0.29, 0.717) is 5.56 Å². The predicted molar refractivity (Wildman–Crippen MR) is 270 cm³/mol. The van der Waals surface area contributed by atoms with Crippen LogP contribution in [0.2, 0.25) is 0 Å². The zero-order valence-electron chi connectivity index (χ0n) is 34.9. The molecule has 64 heavy (non-hydrogen) atoms. The highest BCUT2D eigenvalue weighted by Gasteiger charge is 2.25. The molecule has 0 bridgehead atoms. The number of nitrogens with zero attached hydrogens (tertiary/aromatic N) is 2. The molecule has 2 heteroatoms. The molecule has 0 aromatic heterocycles. The summed E-state index contributed by atoms with van der Waals surface area (Å²) < 4.78 is 0. The van der Waals surface area contributed by atoms with Crippen LogP contribution in [0.5, 0.6) is 0 Å². The largest absolute Gasteiger partial charge is 0.336 e. The number of rotatable bonds is 5. The first-order chi connectivity index (χ1) is 31.7. The van der Waals surface area contributed by atoms with Gasteiger partial charge in [0.1, 0.15) is 0 Å². The molecule has 296 valence electrons. The number of nitriles is 1. The van der Waals surface area contributed by atoms with Crippen LogP contribution in [-0.4, -0.2) is 0 Å². The average molecular weight is 811 g/mol. The minimum atomic E-state index is 0.714. The van der Waals surface area contributed by atoms with Gasteiger partial charge in [-0.15, -0.1) is 0 Å². The van der Waals surface area contributed by atoms with Gasteiger partial charge in [0.05, 0.1) is 11.6 Å². The molecule has 0 aliphatic carbocycles. The molecule has 12 aromatic carbocycles. The Morgan fingerprint density at radius 3 is 1.59 bits per heavy atom. The van der Waals surface area contributed by atoms with Crippen molar-refractivity contribution in [3.8, 4) is 50.6 Å². The summed E-state index contributed by atoms with van der Waals surface area (Å²) >= 11 is 0. The van der Waals surface area contributed by atoms with Crippen LogP contribution in [0.3, 0.4) is 0 Å². The highest BCUT2D eigenvalue weighted by atomic mass is 15.1. The van der Waals surface area contributed by atoms with E-state index in [9.17, 15) is 5.26 Å². The first kappa shape index (κ1) is 36.2. The van der Waals surface area contributed by atoms with Crippen molar-refractivity contribution < 1.29 is 0 Å². The van der Waals surface area contributed by atoms with E-state index in [2.05, 4.69) is 223 Å². The van der Waals surface area contributed by atoms with Gasteiger partial charge in [-0.1, -0.05) is 176 Å². The standard InChI is InChI=1S/C62H38N2/c63-37-48-26-27-49-38-64(50-14-2-1-3-15-50)58-33-32-51(55-31-30-52(48)61(49)62(55)58)42-22-18-41(19-23-42)45-28-29-56-57(36-45)60(47-25-21-40-11-5-7-13-44(40)35-47)54-17-9-8-16-53(54)59(56)46-24-20-39-10-4-6-12-43(39)34-46/h1-36H,38H2. The third kappa shape index (κ3) is 5.58. The molecule has 0 atom stereocenters. The second-order valence-electron chi connectivity index (χ2n) is 17.1. The highest BCUT2D eigenvalue weighted by molar-refractivity contribution is 6.23. The zero-order valence-corrected chi connectivity index (χ0v) is 34.9. The molecule has 0 unspecified atom stereocenters. The van der Waals surface area contributed by atoms with Crippen LogP contribution in [-0.2, 0) is 6.54 Å². The Balaban J connectivity index is 0.992. The van der Waals surface area contributed by atoms with Crippen LogP contribution in [0.25, 0.3) is 109 Å². The van der Waals surface area contributed by atoms with Crippen LogP contribution in [0.1, 0.15) is 11.1 Å². The van der Waals surface area contributed by atoms with E-state index in [0.717, 1.165) is 23.2 Å². The molecule has 0 N–H and O–H groups in total. The fourth-order valence-corrected chi connectivity index (χ4v) is 10.7. The van der Waals surface area contributed by atoms with Gasteiger partial charge in [-0.25, -0.2) is 0 Å². The maximum Gasteiger partial charge on any atom is 0.0998 e. The van der Waals surface area contributed by atoms with Crippen LogP contribution >= 0.6 is 0 Å². The van der Waals surface area contributed by atoms with Crippen LogP contribution < -0.4 is 4.90 Å². The van der Waals surface area contributed by atoms with Gasteiger partial charge in [-0.3, -0.25) is 0 Å². The third-order valence-corrected chi connectivity index (χ3v) is 13.7. The molecule has 12 aromatic rings. The summed E-state index contributed by atoms with van der Waals surface area (Å²) in [6.07, 6.45) is 0. The second kappa shape index (κ2) is 14.3. The van der Waals surface area contributed by atoms with E-state index in [1.54, 1.807) is 0 Å². The molecule has 0 saturated heterocycles. The zero-order chi connectivity index (χ0) is 42.3. The number of hydrogen-bond acceptors (Lipinski definition) is 2. The molecule has 1 aliphatic heterocycles. The van der Waals surface area contributed by atoms with Crippen molar-refractivity contribution in [1.29, 1.82) is 5.26 Å². The summed E-state index contributed by atoms with van der Waals surface area (Å²) in [5.41, 5.74) is 13.9. The lowest BCUT2D eigenvalue weighted by Crippen LogP contribution is -2.20. The minimum absolute atomic E-state index is 0.714. The van der Waals surface area contributed by atoms with Crippen molar-refractivity contribution in [2.24, 2.45) is 0 Å². The monoisotopic (exact) mass is 810 g/mol. The Kier molecular flexibility index (Phi) is 8.07. The number of anilines is 2. The van der Waals surface area contributed by atoms with Gasteiger partial charge < -0.3 is 4.90 Å². The Labute approximate surface area is 371 Å². The van der Waals surface area contributed by atoms with Crippen LogP contribution in [0.4, 0.5) is 11.4 Å². The Morgan fingerprint density at radius 1 is 0.359 bits per heavy atom. The van der Waals surface area contributed by atoms with Crippen molar-refractivity contribution in [1.82, 2.24) is 0 Å². The normalized spacial score (nSPS) is 12.3. The maximum absolute atomic E-state index is 10.1. The van der Waals surface area contributed by atoms with Gasteiger partial charge in [-0.2, -0.15) is 5.26 Å². The van der Waals surface area contributed by atoms with Crippen molar-refractivity contribution in [3.05, 3.63) is 230 Å². The topological polar surface area (TPSA) is 27.0 Å². The molecule has 2 nitrogen and oxygen atoms in total. The summed E-state index contributed by atoms with van der Waals surface area (Å²) in [6.45, 7) is 0.750. The number of para-hydroxylation sites is 1. The van der Waals surface area contributed by atoms with E-state index in [1.807, 2.05) is 6.07 Å². The molecule has 0 spiro atoms. The van der Waals surface area contributed by atoms with Gasteiger partial charge in [-0.05, 0) is 146 Å². The lowest BCUT2D eigenvalue weighted by Gasteiger charge is -2.32. The first-order valence-electron chi connectivity index (χ1n) is 22.0. The van der Waals surface area contributed by atoms with Gasteiger partial charge in [0.15, 0.2) is 0 Å². The third-order valence-electron chi connectivity index (χ3n) is 13.7. The summed E-state index contributed by atoms with van der Waals surface area (Å²) in [6, 6.07) is 82.3. The molecule has 0 fully saturated rings. The van der Waals surface area contributed by atoms with Crippen LogP contribution in [0.15, 0.2) is 218 Å². The molecule has 0 saturated carbocycles. The second-order valence-corrected chi connectivity index (χ2v) is 17.1. The van der Waals surface area contributed by atoms with E-state index in [4.69, 9.17) is 0 Å². The Hall–Kier alpha value is -8.51. The predicted octanol–water partition coefficient (Wildman–Crippen LogP) is 16.8. The van der Waals surface area contributed by atoms with Gasteiger partial charge in [0.25, 0.3) is 0 Å².